The molecule has 2 rings (SSSR count). The van der Waals surface area contributed by atoms with E-state index in [9.17, 15) is 19.1 Å². The van der Waals surface area contributed by atoms with Crippen LogP contribution in [-0.4, -0.2) is 32.2 Å². The van der Waals surface area contributed by atoms with Crippen molar-refractivity contribution < 1.29 is 19.1 Å². The Morgan fingerprint density at radius 1 is 1.59 bits per heavy atom. The molecule has 116 valence electrons. The minimum atomic E-state index is -1.14. The number of rotatable bonds is 4. The van der Waals surface area contributed by atoms with E-state index in [0.29, 0.717) is 0 Å². The topological polar surface area (TPSA) is 57.6 Å². The van der Waals surface area contributed by atoms with Crippen LogP contribution in [0.3, 0.4) is 0 Å². The molecule has 0 saturated carbocycles. The summed E-state index contributed by atoms with van der Waals surface area (Å²) in [6.07, 6.45) is 1.51. The number of carbonyl (C=O) groups is 2. The summed E-state index contributed by atoms with van der Waals surface area (Å²) >= 11 is 11.9. The van der Waals surface area contributed by atoms with Crippen LogP contribution in [0.2, 0.25) is 5.02 Å². The molecule has 0 aromatic heterocycles. The number of amides is 1. The van der Waals surface area contributed by atoms with Crippen LogP contribution in [0.1, 0.15) is 18.9 Å². The molecule has 1 aromatic rings. The first kappa shape index (κ1) is 16.9. The fourth-order valence-electron chi connectivity index (χ4n) is 2.00. The maximum atomic E-state index is 13.8. The molecule has 1 aliphatic heterocycles. The first-order valence-corrected chi connectivity index (χ1v) is 7.91. The highest BCUT2D eigenvalue weighted by atomic mass is 35.5. The van der Waals surface area contributed by atoms with Gasteiger partial charge in [-0.1, -0.05) is 48.6 Å². The molecule has 8 heteroatoms. The van der Waals surface area contributed by atoms with Gasteiger partial charge >= 0.3 is 5.97 Å². The van der Waals surface area contributed by atoms with Gasteiger partial charge in [0.15, 0.2) is 0 Å². The van der Waals surface area contributed by atoms with Gasteiger partial charge < -0.3 is 5.11 Å². The largest absolute Gasteiger partial charge is 0.480 e. The van der Waals surface area contributed by atoms with Crippen LogP contribution in [0.5, 0.6) is 0 Å². The van der Waals surface area contributed by atoms with Crippen LogP contribution in [0.15, 0.2) is 23.1 Å². The van der Waals surface area contributed by atoms with Gasteiger partial charge in [-0.3, -0.25) is 9.69 Å². The molecule has 1 heterocycles. The summed E-state index contributed by atoms with van der Waals surface area (Å²) in [5, 5.41) is 9.33. The number of halogens is 2. The molecule has 0 aliphatic carbocycles. The summed E-state index contributed by atoms with van der Waals surface area (Å²) in [6, 6.07) is 3.15. The number of hydrogen-bond acceptors (Lipinski definition) is 4. The van der Waals surface area contributed by atoms with Gasteiger partial charge in [0.05, 0.1) is 9.93 Å². The first-order valence-electron chi connectivity index (χ1n) is 6.30. The van der Waals surface area contributed by atoms with Crippen LogP contribution in [0, 0.1) is 5.82 Å². The third kappa shape index (κ3) is 3.16. The Morgan fingerprint density at radius 3 is 2.82 bits per heavy atom. The van der Waals surface area contributed by atoms with E-state index in [1.165, 1.54) is 24.3 Å². The first-order chi connectivity index (χ1) is 10.4. The Kier molecular flexibility index (Phi) is 5.20. The predicted molar refractivity (Wildman–Crippen MR) is 88.1 cm³/mol. The van der Waals surface area contributed by atoms with Gasteiger partial charge in [0, 0.05) is 5.56 Å². The van der Waals surface area contributed by atoms with Crippen molar-refractivity contribution in [2.24, 2.45) is 0 Å². The van der Waals surface area contributed by atoms with E-state index >= 15 is 0 Å². The van der Waals surface area contributed by atoms with Crippen LogP contribution in [0.4, 0.5) is 4.39 Å². The van der Waals surface area contributed by atoms with Gasteiger partial charge in [0.25, 0.3) is 5.91 Å². The number of thioether (sulfide) groups is 1. The van der Waals surface area contributed by atoms with Crippen molar-refractivity contribution in [1.29, 1.82) is 0 Å². The average molecular weight is 360 g/mol. The number of carboxylic acids is 1. The van der Waals surface area contributed by atoms with Gasteiger partial charge in [-0.05, 0) is 24.6 Å². The number of carboxylic acid groups (broad SMARTS) is 1. The third-order valence-electron chi connectivity index (χ3n) is 3.08. The normalized spacial score (nSPS) is 18.1. The van der Waals surface area contributed by atoms with Crippen LogP contribution in [-0.2, 0) is 9.59 Å². The summed E-state index contributed by atoms with van der Waals surface area (Å²) in [7, 11) is 0. The van der Waals surface area contributed by atoms with Gasteiger partial charge in [0.2, 0.25) is 0 Å². The molecule has 1 saturated heterocycles. The second kappa shape index (κ2) is 6.76. The van der Waals surface area contributed by atoms with E-state index in [2.05, 4.69) is 0 Å². The van der Waals surface area contributed by atoms with Gasteiger partial charge in [-0.25, -0.2) is 9.18 Å². The van der Waals surface area contributed by atoms with E-state index in [1.54, 1.807) is 6.92 Å². The zero-order valence-electron chi connectivity index (χ0n) is 11.4. The van der Waals surface area contributed by atoms with Crippen molar-refractivity contribution >= 4 is 57.9 Å². The number of nitrogens with zero attached hydrogens (tertiary/aromatic N) is 1. The maximum Gasteiger partial charge on any atom is 0.326 e. The Balaban J connectivity index is 2.40. The molecule has 0 bridgehead atoms. The molecule has 22 heavy (non-hydrogen) atoms. The van der Waals surface area contributed by atoms with Crippen molar-refractivity contribution in [2.75, 3.05) is 0 Å². The van der Waals surface area contributed by atoms with Gasteiger partial charge in [0.1, 0.15) is 16.2 Å². The van der Waals surface area contributed by atoms with Crippen molar-refractivity contribution in [3.8, 4) is 0 Å². The predicted octanol–water partition coefficient (Wildman–Crippen LogP) is 3.54. The Hall–Kier alpha value is -1.44. The zero-order valence-corrected chi connectivity index (χ0v) is 13.8. The van der Waals surface area contributed by atoms with Gasteiger partial charge in [-0.2, -0.15) is 0 Å². The highest BCUT2D eigenvalue weighted by Gasteiger charge is 2.39. The van der Waals surface area contributed by atoms with E-state index < -0.39 is 23.7 Å². The molecule has 0 spiro atoms. The number of hydrogen-bond donors (Lipinski definition) is 1. The minimum absolute atomic E-state index is 0.0769. The SMILES string of the molecule is CC[C@H](C(=O)O)N1C(=O)/C(=C/c2c(F)cccc2Cl)SC1=S. The molecule has 1 amide bonds. The monoisotopic (exact) mass is 359 g/mol. The van der Waals surface area contributed by atoms with E-state index in [1.807, 2.05) is 0 Å². The quantitative estimate of drug-likeness (QED) is 0.658. The summed E-state index contributed by atoms with van der Waals surface area (Å²) in [4.78, 5) is 24.8. The fraction of sp³-hybridized carbons (Fsp3) is 0.214. The molecular formula is C14H11ClFNO3S2. The number of thiocarbonyl (C=S) groups is 1. The molecular weight excluding hydrogens is 349 g/mol. The summed E-state index contributed by atoms with van der Waals surface area (Å²) in [5.41, 5.74) is 0.0769. The zero-order chi connectivity index (χ0) is 16.4. The molecule has 1 N–H and O–H groups in total. The van der Waals surface area contributed by atoms with Crippen LogP contribution in [0.25, 0.3) is 6.08 Å². The van der Waals surface area contributed by atoms with Crippen molar-refractivity contribution in [2.45, 2.75) is 19.4 Å². The van der Waals surface area contributed by atoms with E-state index in [0.717, 1.165) is 16.7 Å². The lowest BCUT2D eigenvalue weighted by Gasteiger charge is -2.21. The molecule has 1 aromatic carbocycles. The smallest absolute Gasteiger partial charge is 0.326 e. The van der Waals surface area contributed by atoms with Crippen molar-refractivity contribution in [3.05, 3.63) is 39.5 Å². The highest BCUT2D eigenvalue weighted by molar-refractivity contribution is 8.26. The summed E-state index contributed by atoms with van der Waals surface area (Å²) in [5.74, 6) is -2.25. The lowest BCUT2D eigenvalue weighted by molar-refractivity contribution is -0.145. The van der Waals surface area contributed by atoms with E-state index in [-0.39, 0.29) is 26.2 Å². The Morgan fingerprint density at radius 2 is 2.27 bits per heavy atom. The van der Waals surface area contributed by atoms with Crippen molar-refractivity contribution in [3.63, 3.8) is 0 Å². The summed E-state index contributed by atoms with van der Waals surface area (Å²) in [6.45, 7) is 1.65. The second-order valence-corrected chi connectivity index (χ2v) is 6.53. The Bertz CT molecular complexity index is 672. The number of benzene rings is 1. The lowest BCUT2D eigenvalue weighted by Crippen LogP contribution is -2.43. The lowest BCUT2D eigenvalue weighted by atomic mass is 10.1. The van der Waals surface area contributed by atoms with Crippen LogP contribution < -0.4 is 0 Å². The molecule has 0 radical (unpaired) electrons. The molecule has 4 nitrogen and oxygen atoms in total. The molecule has 0 unspecified atom stereocenters. The third-order valence-corrected chi connectivity index (χ3v) is 4.74. The number of aliphatic carboxylic acids is 1. The molecule has 1 aliphatic rings. The van der Waals surface area contributed by atoms with Gasteiger partial charge in [-0.15, -0.1) is 0 Å². The fourth-order valence-corrected chi connectivity index (χ4v) is 3.55. The standard InChI is InChI=1S/C14H11ClFNO3S2/c1-2-10(13(19)20)17-12(18)11(22-14(17)21)6-7-8(15)4-3-5-9(7)16/h3-6,10H,2H2,1H3,(H,19,20)/b11-6-/t10-/m1/s1. The van der Waals surface area contributed by atoms with E-state index in [4.69, 9.17) is 23.8 Å². The molecule has 1 fully saturated rings. The highest BCUT2D eigenvalue weighted by Crippen LogP contribution is 2.36. The number of carbonyl (C=O) groups excluding carboxylic acids is 1. The average Bonchev–Trinajstić information content (AvgIpc) is 2.71. The van der Waals surface area contributed by atoms with Crippen molar-refractivity contribution in [1.82, 2.24) is 4.90 Å². The Labute approximate surface area is 140 Å². The van der Waals surface area contributed by atoms with Crippen LogP contribution >= 0.6 is 35.6 Å². The maximum absolute atomic E-state index is 13.8. The summed E-state index contributed by atoms with van der Waals surface area (Å²) < 4.78 is 13.9. The second-order valence-electron chi connectivity index (χ2n) is 4.45. The molecule has 1 atom stereocenters. The minimum Gasteiger partial charge on any atom is -0.480 e.